The molecular formula is C14H18ClN3. The molecule has 0 unspecified atom stereocenters. The summed E-state index contributed by atoms with van der Waals surface area (Å²) in [6.45, 7) is 2.42. The van der Waals surface area contributed by atoms with Gasteiger partial charge >= 0.3 is 0 Å². The lowest BCUT2D eigenvalue weighted by Crippen LogP contribution is -2.30. The van der Waals surface area contributed by atoms with Gasteiger partial charge in [-0.3, -0.25) is 0 Å². The molecule has 18 heavy (non-hydrogen) atoms. The Morgan fingerprint density at radius 3 is 2.83 bits per heavy atom. The van der Waals surface area contributed by atoms with Crippen molar-refractivity contribution in [3.63, 3.8) is 0 Å². The second kappa shape index (κ2) is 4.90. The van der Waals surface area contributed by atoms with Crippen molar-refractivity contribution in [2.45, 2.75) is 19.3 Å². The first kappa shape index (κ1) is 12.0. The summed E-state index contributed by atoms with van der Waals surface area (Å²) in [5.74, 6) is 0.779. The number of nitrogens with zero attached hydrogens (tertiary/aromatic N) is 3. The topological polar surface area (TPSA) is 20.5 Å². The Labute approximate surface area is 112 Å². The molecule has 0 aromatic carbocycles. The molecule has 3 nitrogen and oxygen atoms in total. The van der Waals surface area contributed by atoms with Gasteiger partial charge in [0.05, 0.1) is 10.7 Å². The van der Waals surface area contributed by atoms with Crippen LogP contribution in [0, 0.1) is 5.92 Å². The molecule has 2 aromatic heterocycles. The number of aromatic nitrogens is 2. The summed E-state index contributed by atoms with van der Waals surface area (Å²) >= 11 is 5.98. The molecule has 2 aromatic rings. The van der Waals surface area contributed by atoms with Gasteiger partial charge in [-0.05, 0) is 57.5 Å². The minimum atomic E-state index is 0.755. The Bertz CT molecular complexity index is 541. The maximum atomic E-state index is 5.98. The van der Waals surface area contributed by atoms with Crippen LogP contribution >= 0.6 is 11.6 Å². The highest BCUT2D eigenvalue weighted by atomic mass is 35.5. The SMILES string of the molecule is CN1CCC(Cc2cn3cc(Cl)ccc3n2)CC1. The van der Waals surface area contributed by atoms with E-state index in [2.05, 4.69) is 23.1 Å². The van der Waals surface area contributed by atoms with Crippen molar-refractivity contribution in [3.8, 4) is 0 Å². The van der Waals surface area contributed by atoms with Crippen molar-refractivity contribution >= 4 is 17.2 Å². The molecule has 0 amide bonds. The number of halogens is 1. The van der Waals surface area contributed by atoms with Crippen LogP contribution in [0.3, 0.4) is 0 Å². The Morgan fingerprint density at radius 2 is 2.06 bits per heavy atom. The van der Waals surface area contributed by atoms with Crippen LogP contribution in [0.5, 0.6) is 0 Å². The summed E-state index contributed by atoms with van der Waals surface area (Å²) in [6.07, 6.45) is 7.69. The van der Waals surface area contributed by atoms with E-state index in [9.17, 15) is 0 Å². The molecule has 0 N–H and O–H groups in total. The minimum absolute atomic E-state index is 0.755. The fourth-order valence-corrected chi connectivity index (χ4v) is 2.85. The zero-order chi connectivity index (χ0) is 12.5. The molecule has 4 heteroatoms. The van der Waals surface area contributed by atoms with E-state index in [0.29, 0.717) is 0 Å². The van der Waals surface area contributed by atoms with Crippen LogP contribution in [-0.4, -0.2) is 34.4 Å². The van der Waals surface area contributed by atoms with Crippen LogP contribution in [-0.2, 0) is 6.42 Å². The van der Waals surface area contributed by atoms with E-state index in [4.69, 9.17) is 11.6 Å². The first-order chi connectivity index (χ1) is 8.70. The molecule has 0 atom stereocenters. The lowest BCUT2D eigenvalue weighted by atomic mass is 9.93. The number of hydrogen-bond donors (Lipinski definition) is 0. The maximum absolute atomic E-state index is 5.98. The molecule has 0 spiro atoms. The van der Waals surface area contributed by atoms with Crippen LogP contribution < -0.4 is 0 Å². The van der Waals surface area contributed by atoms with E-state index in [0.717, 1.165) is 23.0 Å². The van der Waals surface area contributed by atoms with E-state index in [-0.39, 0.29) is 0 Å². The third kappa shape index (κ3) is 2.52. The summed E-state index contributed by atoms with van der Waals surface area (Å²) in [7, 11) is 2.20. The van der Waals surface area contributed by atoms with Gasteiger partial charge < -0.3 is 9.30 Å². The highest BCUT2D eigenvalue weighted by Crippen LogP contribution is 2.21. The van der Waals surface area contributed by atoms with Crippen molar-refractivity contribution < 1.29 is 0 Å². The molecule has 0 saturated carbocycles. The third-order valence-corrected chi connectivity index (χ3v) is 4.02. The first-order valence-electron chi connectivity index (χ1n) is 6.52. The number of hydrogen-bond acceptors (Lipinski definition) is 2. The van der Waals surface area contributed by atoms with E-state index in [1.54, 1.807) is 0 Å². The van der Waals surface area contributed by atoms with Crippen LogP contribution in [0.15, 0.2) is 24.5 Å². The Hall–Kier alpha value is -1.06. The van der Waals surface area contributed by atoms with Gasteiger partial charge in [-0.25, -0.2) is 4.98 Å². The molecule has 1 aliphatic rings. The number of piperidine rings is 1. The largest absolute Gasteiger partial charge is 0.306 e. The van der Waals surface area contributed by atoms with Crippen molar-refractivity contribution in [2.75, 3.05) is 20.1 Å². The smallest absolute Gasteiger partial charge is 0.137 e. The van der Waals surface area contributed by atoms with Crippen molar-refractivity contribution in [2.24, 2.45) is 5.92 Å². The van der Waals surface area contributed by atoms with Crippen LogP contribution in [0.4, 0.5) is 0 Å². The van der Waals surface area contributed by atoms with E-state index in [1.807, 2.05) is 22.7 Å². The average molecular weight is 264 g/mol. The first-order valence-corrected chi connectivity index (χ1v) is 6.90. The van der Waals surface area contributed by atoms with Crippen LogP contribution in [0.1, 0.15) is 18.5 Å². The minimum Gasteiger partial charge on any atom is -0.306 e. The monoisotopic (exact) mass is 263 g/mol. The van der Waals surface area contributed by atoms with Gasteiger partial charge in [-0.15, -0.1) is 0 Å². The second-order valence-electron chi connectivity index (χ2n) is 5.30. The van der Waals surface area contributed by atoms with Gasteiger partial charge in [0.15, 0.2) is 0 Å². The predicted molar refractivity (Wildman–Crippen MR) is 74.1 cm³/mol. The summed E-state index contributed by atoms with van der Waals surface area (Å²) in [5, 5.41) is 0.755. The molecule has 3 rings (SSSR count). The van der Waals surface area contributed by atoms with Crippen LogP contribution in [0.2, 0.25) is 5.02 Å². The number of imidazole rings is 1. The highest BCUT2D eigenvalue weighted by Gasteiger charge is 2.18. The fraction of sp³-hybridized carbons (Fsp3) is 0.500. The molecule has 0 radical (unpaired) electrons. The van der Waals surface area contributed by atoms with Crippen LogP contribution in [0.25, 0.3) is 5.65 Å². The molecule has 1 saturated heterocycles. The van der Waals surface area contributed by atoms with Crippen molar-refractivity contribution in [1.29, 1.82) is 0 Å². The second-order valence-corrected chi connectivity index (χ2v) is 5.73. The van der Waals surface area contributed by atoms with Gasteiger partial charge in [0, 0.05) is 12.4 Å². The van der Waals surface area contributed by atoms with E-state index < -0.39 is 0 Å². The van der Waals surface area contributed by atoms with Gasteiger partial charge in [-0.2, -0.15) is 0 Å². The summed E-state index contributed by atoms with van der Waals surface area (Å²) in [5.41, 5.74) is 2.18. The molecule has 96 valence electrons. The van der Waals surface area contributed by atoms with Gasteiger partial charge in [0.25, 0.3) is 0 Å². The molecule has 3 heterocycles. The number of rotatable bonds is 2. The standard InChI is InChI=1S/C14H18ClN3/c1-17-6-4-11(5-7-17)8-13-10-18-9-12(15)2-3-14(18)16-13/h2-3,9-11H,4-8H2,1H3. The van der Waals surface area contributed by atoms with Crippen molar-refractivity contribution in [1.82, 2.24) is 14.3 Å². The Balaban J connectivity index is 1.74. The van der Waals surface area contributed by atoms with Gasteiger partial charge in [-0.1, -0.05) is 11.6 Å². The normalized spacial score (nSPS) is 18.6. The molecule has 0 aliphatic carbocycles. The van der Waals surface area contributed by atoms with E-state index >= 15 is 0 Å². The Morgan fingerprint density at radius 1 is 1.28 bits per heavy atom. The molecule has 1 aliphatic heterocycles. The lowest BCUT2D eigenvalue weighted by molar-refractivity contribution is 0.218. The number of fused-ring (bicyclic) bond motifs is 1. The highest BCUT2D eigenvalue weighted by molar-refractivity contribution is 6.30. The molecular weight excluding hydrogens is 246 g/mol. The quantitative estimate of drug-likeness (QED) is 0.831. The van der Waals surface area contributed by atoms with E-state index in [1.165, 1.54) is 31.6 Å². The van der Waals surface area contributed by atoms with Gasteiger partial charge in [0.1, 0.15) is 5.65 Å². The molecule has 0 bridgehead atoms. The van der Waals surface area contributed by atoms with Gasteiger partial charge in [0.2, 0.25) is 0 Å². The average Bonchev–Trinajstić information content (AvgIpc) is 2.73. The number of pyridine rings is 1. The zero-order valence-electron chi connectivity index (χ0n) is 10.6. The zero-order valence-corrected chi connectivity index (χ0v) is 11.4. The maximum Gasteiger partial charge on any atom is 0.137 e. The fourth-order valence-electron chi connectivity index (χ4n) is 2.68. The molecule has 1 fully saturated rings. The third-order valence-electron chi connectivity index (χ3n) is 3.80. The lowest BCUT2D eigenvalue weighted by Gasteiger charge is -2.28. The predicted octanol–water partition coefficient (Wildman–Crippen LogP) is 2.87. The Kier molecular flexibility index (Phi) is 3.27. The van der Waals surface area contributed by atoms with Crippen molar-refractivity contribution in [3.05, 3.63) is 35.2 Å². The summed E-state index contributed by atoms with van der Waals surface area (Å²) < 4.78 is 2.02. The number of likely N-dealkylation sites (tertiary alicyclic amines) is 1. The summed E-state index contributed by atoms with van der Waals surface area (Å²) in [4.78, 5) is 7.06. The summed E-state index contributed by atoms with van der Waals surface area (Å²) in [6, 6.07) is 3.86.